The number of ether oxygens (including phenoxy) is 3. The van der Waals surface area contributed by atoms with Crippen LogP contribution in [0.5, 0.6) is 23.0 Å². The number of methoxy groups -OCH3 is 2. The van der Waals surface area contributed by atoms with Gasteiger partial charge in [0.25, 0.3) is 0 Å². The minimum atomic E-state index is -1.43. The van der Waals surface area contributed by atoms with E-state index in [1.54, 1.807) is 12.1 Å². The van der Waals surface area contributed by atoms with Gasteiger partial charge in [-0.15, -0.1) is 0 Å². The molecule has 8 nitrogen and oxygen atoms in total. The first-order chi connectivity index (χ1) is 13.3. The predicted molar refractivity (Wildman–Crippen MR) is 99.6 cm³/mol. The third-order valence-corrected chi connectivity index (χ3v) is 3.81. The summed E-state index contributed by atoms with van der Waals surface area (Å²) in [7, 11) is 2.79. The summed E-state index contributed by atoms with van der Waals surface area (Å²) in [6.45, 7) is 0. The molecule has 2 rings (SSSR count). The Morgan fingerprint density at radius 2 is 1.71 bits per heavy atom. The zero-order valence-corrected chi connectivity index (χ0v) is 15.3. The second-order valence-electron chi connectivity index (χ2n) is 5.74. The van der Waals surface area contributed by atoms with Crippen molar-refractivity contribution in [3.63, 3.8) is 0 Å². The monoisotopic (exact) mass is 388 g/mol. The van der Waals surface area contributed by atoms with E-state index in [0.29, 0.717) is 11.1 Å². The smallest absolute Gasteiger partial charge is 0.345 e. The minimum absolute atomic E-state index is 0.0455. The summed E-state index contributed by atoms with van der Waals surface area (Å²) in [5.74, 6) is -1.87. The number of aliphatic carboxylic acids is 1. The zero-order valence-electron chi connectivity index (χ0n) is 15.3. The molecule has 2 aromatic rings. The maximum absolute atomic E-state index is 12.0. The first-order valence-corrected chi connectivity index (χ1v) is 8.18. The lowest BCUT2D eigenvalue weighted by atomic mass is 10.1. The lowest BCUT2D eigenvalue weighted by Crippen LogP contribution is -2.28. The van der Waals surface area contributed by atoms with Gasteiger partial charge in [-0.05, 0) is 41.5 Å². The van der Waals surface area contributed by atoms with E-state index >= 15 is 0 Å². The molecule has 0 saturated carbocycles. The highest BCUT2D eigenvalue weighted by Gasteiger charge is 2.22. The Balaban J connectivity index is 2.06. The van der Waals surface area contributed by atoms with E-state index in [1.165, 1.54) is 44.6 Å². The van der Waals surface area contributed by atoms with E-state index in [2.05, 4.69) is 0 Å². The molecule has 8 heteroatoms. The number of esters is 1. The van der Waals surface area contributed by atoms with Gasteiger partial charge in [0.2, 0.25) is 6.10 Å². The largest absolute Gasteiger partial charge is 0.504 e. The molecule has 3 N–H and O–H groups in total. The molecule has 0 heterocycles. The molecule has 148 valence electrons. The van der Waals surface area contributed by atoms with Crippen molar-refractivity contribution in [2.45, 2.75) is 12.5 Å². The van der Waals surface area contributed by atoms with E-state index < -0.39 is 18.0 Å². The predicted octanol–water partition coefficient (Wildman–Crippen LogP) is 2.37. The molecule has 2 aromatic carbocycles. The third kappa shape index (κ3) is 5.41. The second-order valence-corrected chi connectivity index (χ2v) is 5.74. The molecule has 0 radical (unpaired) electrons. The van der Waals surface area contributed by atoms with Gasteiger partial charge < -0.3 is 29.5 Å². The highest BCUT2D eigenvalue weighted by atomic mass is 16.6. The molecule has 0 aliphatic heterocycles. The maximum Gasteiger partial charge on any atom is 0.345 e. The summed E-state index contributed by atoms with van der Waals surface area (Å²) in [4.78, 5) is 23.4. The Morgan fingerprint density at radius 3 is 2.32 bits per heavy atom. The van der Waals surface area contributed by atoms with Gasteiger partial charge in [0.05, 0.1) is 14.2 Å². The average molecular weight is 388 g/mol. The van der Waals surface area contributed by atoms with Gasteiger partial charge >= 0.3 is 11.9 Å². The summed E-state index contributed by atoms with van der Waals surface area (Å²) < 4.78 is 14.9. The molecule has 28 heavy (non-hydrogen) atoms. The highest BCUT2D eigenvalue weighted by molar-refractivity contribution is 5.89. The Bertz CT molecular complexity index is 888. The molecular weight excluding hydrogens is 368 g/mol. The zero-order chi connectivity index (χ0) is 20.7. The van der Waals surface area contributed by atoms with Crippen LogP contribution in [0.25, 0.3) is 6.08 Å². The molecule has 0 aliphatic carbocycles. The summed E-state index contributed by atoms with van der Waals surface area (Å²) in [6.07, 6.45) is 0.925. The fourth-order valence-corrected chi connectivity index (χ4v) is 2.40. The molecule has 0 saturated heterocycles. The minimum Gasteiger partial charge on any atom is -0.504 e. The standard InChI is InChI=1S/C20H20O8/c1-26-16-7-4-13(9-15(16)22)11-18(20(24)25)28-19(23)8-5-12-3-6-14(21)17(10-12)27-2/h3-10,18,21-22H,11H2,1-2H3,(H,24,25)/b8-5+. The van der Waals surface area contributed by atoms with Crippen LogP contribution in [-0.4, -0.2) is 47.6 Å². The van der Waals surface area contributed by atoms with E-state index in [0.717, 1.165) is 6.08 Å². The van der Waals surface area contributed by atoms with Crippen molar-refractivity contribution in [2.75, 3.05) is 14.2 Å². The van der Waals surface area contributed by atoms with Crippen LogP contribution in [0, 0.1) is 0 Å². The fourth-order valence-electron chi connectivity index (χ4n) is 2.40. The number of phenolic OH excluding ortho intramolecular Hbond substituents is 2. The number of carbonyl (C=O) groups excluding carboxylic acids is 1. The first-order valence-electron chi connectivity index (χ1n) is 8.18. The molecular formula is C20H20O8. The molecule has 0 fully saturated rings. The van der Waals surface area contributed by atoms with Crippen LogP contribution >= 0.6 is 0 Å². The van der Waals surface area contributed by atoms with Gasteiger partial charge in [0.15, 0.2) is 23.0 Å². The van der Waals surface area contributed by atoms with Crippen LogP contribution in [0.15, 0.2) is 42.5 Å². The molecule has 0 spiro atoms. The van der Waals surface area contributed by atoms with Crippen LogP contribution in [0.1, 0.15) is 11.1 Å². The number of rotatable bonds is 8. The fraction of sp³-hybridized carbons (Fsp3) is 0.200. The van der Waals surface area contributed by atoms with Crippen LogP contribution in [0.3, 0.4) is 0 Å². The second kappa shape index (κ2) is 9.31. The summed E-state index contributed by atoms with van der Waals surface area (Å²) in [5, 5.41) is 28.6. The van der Waals surface area contributed by atoms with Crippen molar-refractivity contribution in [1.29, 1.82) is 0 Å². The molecule has 0 aromatic heterocycles. The number of phenols is 2. The summed E-state index contributed by atoms with van der Waals surface area (Å²) in [5.41, 5.74) is 1.02. The Morgan fingerprint density at radius 1 is 1.00 bits per heavy atom. The van der Waals surface area contributed by atoms with Crippen molar-refractivity contribution in [2.24, 2.45) is 0 Å². The van der Waals surface area contributed by atoms with Crippen LogP contribution in [0.2, 0.25) is 0 Å². The number of benzene rings is 2. The summed E-state index contributed by atoms with van der Waals surface area (Å²) in [6, 6.07) is 8.87. The van der Waals surface area contributed by atoms with Crippen LogP contribution in [-0.2, 0) is 20.7 Å². The van der Waals surface area contributed by atoms with E-state index in [4.69, 9.17) is 14.2 Å². The van der Waals surface area contributed by atoms with Crippen molar-refractivity contribution >= 4 is 18.0 Å². The number of carboxylic acids is 1. The average Bonchev–Trinajstić information content (AvgIpc) is 2.67. The topological polar surface area (TPSA) is 123 Å². The molecule has 0 bridgehead atoms. The lowest BCUT2D eigenvalue weighted by molar-refractivity contribution is -0.160. The van der Waals surface area contributed by atoms with Gasteiger partial charge in [0, 0.05) is 12.5 Å². The van der Waals surface area contributed by atoms with Crippen LogP contribution in [0.4, 0.5) is 0 Å². The Kier molecular flexibility index (Phi) is 6.86. The number of aromatic hydroxyl groups is 2. The molecule has 1 unspecified atom stereocenters. The van der Waals surface area contributed by atoms with Gasteiger partial charge in [-0.1, -0.05) is 12.1 Å². The lowest BCUT2D eigenvalue weighted by Gasteiger charge is -2.13. The number of hydrogen-bond acceptors (Lipinski definition) is 7. The van der Waals surface area contributed by atoms with Gasteiger partial charge in [-0.3, -0.25) is 0 Å². The van der Waals surface area contributed by atoms with Crippen molar-refractivity contribution in [3.05, 3.63) is 53.6 Å². The van der Waals surface area contributed by atoms with Gasteiger partial charge in [-0.2, -0.15) is 0 Å². The number of carboxylic acid groups (broad SMARTS) is 1. The highest BCUT2D eigenvalue weighted by Crippen LogP contribution is 2.28. The van der Waals surface area contributed by atoms with Crippen molar-refractivity contribution in [1.82, 2.24) is 0 Å². The Labute approximate surface area is 161 Å². The molecule has 1 atom stereocenters. The SMILES string of the molecule is COc1ccc(CC(OC(=O)/C=C/c2ccc(O)c(OC)c2)C(=O)O)cc1O. The van der Waals surface area contributed by atoms with Gasteiger partial charge in [0.1, 0.15) is 0 Å². The molecule has 0 amide bonds. The molecule has 0 aliphatic rings. The third-order valence-electron chi connectivity index (χ3n) is 3.81. The summed E-state index contributed by atoms with van der Waals surface area (Å²) >= 11 is 0. The van der Waals surface area contributed by atoms with E-state index in [1.807, 2.05) is 0 Å². The van der Waals surface area contributed by atoms with E-state index in [9.17, 15) is 24.9 Å². The van der Waals surface area contributed by atoms with E-state index in [-0.39, 0.29) is 29.4 Å². The Hall–Kier alpha value is -3.68. The van der Waals surface area contributed by atoms with Gasteiger partial charge in [-0.25, -0.2) is 9.59 Å². The number of hydrogen-bond donors (Lipinski definition) is 3. The number of carbonyl (C=O) groups is 2. The van der Waals surface area contributed by atoms with Crippen molar-refractivity contribution in [3.8, 4) is 23.0 Å². The first kappa shape index (κ1) is 20.6. The normalized spacial score (nSPS) is 11.8. The van der Waals surface area contributed by atoms with Crippen molar-refractivity contribution < 1.29 is 39.1 Å². The van der Waals surface area contributed by atoms with Crippen LogP contribution < -0.4 is 9.47 Å². The quantitative estimate of drug-likeness (QED) is 0.465. The maximum atomic E-state index is 12.0.